The number of nitrogens with one attached hydrogen (secondary N) is 1. The molecule has 2 aliphatic carbocycles. The molecular formula is C16H28N2O. The molecule has 1 heterocycles. The van der Waals surface area contributed by atoms with Crippen LogP contribution in [0.3, 0.4) is 0 Å². The van der Waals surface area contributed by atoms with Crippen LogP contribution in [0.15, 0.2) is 0 Å². The van der Waals surface area contributed by atoms with E-state index in [-0.39, 0.29) is 0 Å². The number of hydrogen-bond acceptors (Lipinski definition) is 2. The van der Waals surface area contributed by atoms with E-state index in [0.29, 0.717) is 17.9 Å². The van der Waals surface area contributed by atoms with Gasteiger partial charge in [-0.3, -0.25) is 4.79 Å². The van der Waals surface area contributed by atoms with Crippen molar-refractivity contribution in [1.29, 1.82) is 0 Å². The van der Waals surface area contributed by atoms with Crippen molar-refractivity contribution in [1.82, 2.24) is 10.2 Å². The lowest BCUT2D eigenvalue weighted by molar-refractivity contribution is -0.141. The van der Waals surface area contributed by atoms with Crippen LogP contribution in [-0.2, 0) is 4.79 Å². The van der Waals surface area contributed by atoms with Gasteiger partial charge in [0.15, 0.2) is 0 Å². The topological polar surface area (TPSA) is 32.3 Å². The summed E-state index contributed by atoms with van der Waals surface area (Å²) in [6, 6.07) is 0.474. The summed E-state index contributed by atoms with van der Waals surface area (Å²) in [5.74, 6) is 2.59. The summed E-state index contributed by atoms with van der Waals surface area (Å²) < 4.78 is 0. The molecule has 0 spiro atoms. The highest BCUT2D eigenvalue weighted by molar-refractivity contribution is 5.79. The van der Waals surface area contributed by atoms with E-state index in [0.717, 1.165) is 37.9 Å². The highest BCUT2D eigenvalue weighted by Gasteiger charge is 2.38. The third-order valence-electron chi connectivity index (χ3n) is 5.71. The van der Waals surface area contributed by atoms with Gasteiger partial charge in [0.2, 0.25) is 5.91 Å². The van der Waals surface area contributed by atoms with Crippen molar-refractivity contribution in [2.24, 2.45) is 17.8 Å². The summed E-state index contributed by atoms with van der Waals surface area (Å²) in [6.07, 6.45) is 9.26. The van der Waals surface area contributed by atoms with Crippen LogP contribution in [0, 0.1) is 17.8 Å². The first-order valence-corrected chi connectivity index (χ1v) is 8.30. The molecule has 19 heavy (non-hydrogen) atoms. The highest BCUT2D eigenvalue weighted by atomic mass is 16.2. The molecule has 3 heteroatoms. The van der Waals surface area contributed by atoms with Gasteiger partial charge in [0.25, 0.3) is 0 Å². The fourth-order valence-electron chi connectivity index (χ4n) is 4.42. The zero-order valence-corrected chi connectivity index (χ0v) is 12.2. The van der Waals surface area contributed by atoms with E-state index in [1.807, 2.05) is 0 Å². The molecule has 0 aromatic heterocycles. The van der Waals surface area contributed by atoms with E-state index in [2.05, 4.69) is 17.1 Å². The first kappa shape index (κ1) is 13.4. The van der Waals surface area contributed by atoms with Crippen LogP contribution in [0.25, 0.3) is 0 Å². The average Bonchev–Trinajstić information content (AvgIpc) is 2.41. The molecule has 0 bridgehead atoms. The third-order valence-corrected chi connectivity index (χ3v) is 5.71. The number of nitrogens with zero attached hydrogens (tertiary/aromatic N) is 1. The molecular weight excluding hydrogens is 236 g/mol. The van der Waals surface area contributed by atoms with Crippen molar-refractivity contribution in [2.45, 2.75) is 57.9 Å². The molecule has 1 amide bonds. The number of rotatable bonds is 3. The lowest BCUT2D eigenvalue weighted by Gasteiger charge is -2.43. The maximum Gasteiger partial charge on any atom is 0.226 e. The molecule has 3 atom stereocenters. The van der Waals surface area contributed by atoms with E-state index < -0.39 is 0 Å². The Hall–Kier alpha value is -0.570. The van der Waals surface area contributed by atoms with Gasteiger partial charge in [-0.05, 0) is 38.0 Å². The molecule has 0 aromatic rings. The molecule has 1 saturated heterocycles. The van der Waals surface area contributed by atoms with Gasteiger partial charge in [-0.25, -0.2) is 0 Å². The van der Waals surface area contributed by atoms with Gasteiger partial charge in [-0.15, -0.1) is 0 Å². The van der Waals surface area contributed by atoms with Crippen molar-refractivity contribution in [3.05, 3.63) is 0 Å². The van der Waals surface area contributed by atoms with Gasteiger partial charge in [0, 0.05) is 25.6 Å². The first-order chi connectivity index (χ1) is 9.29. The van der Waals surface area contributed by atoms with Crippen LogP contribution in [-0.4, -0.2) is 36.5 Å². The first-order valence-electron chi connectivity index (χ1n) is 8.30. The molecule has 3 rings (SSSR count). The van der Waals surface area contributed by atoms with Crippen LogP contribution < -0.4 is 5.32 Å². The van der Waals surface area contributed by atoms with Crippen LogP contribution in [0.1, 0.15) is 51.9 Å². The molecule has 0 aromatic carbocycles. The molecule has 3 aliphatic rings. The standard InChI is InChI=1S/C16H28N2O/c1-2-18(15-10-17-11-15)16(19)14-8-7-12-5-3-4-6-13(12)9-14/h12-15,17H,2-11H2,1H3. The largest absolute Gasteiger partial charge is 0.337 e. The van der Waals surface area contributed by atoms with Gasteiger partial charge in [0.1, 0.15) is 0 Å². The Labute approximate surface area is 117 Å². The van der Waals surface area contributed by atoms with Crippen LogP contribution in [0.5, 0.6) is 0 Å². The van der Waals surface area contributed by atoms with E-state index in [1.54, 1.807) is 0 Å². The molecule has 3 nitrogen and oxygen atoms in total. The predicted octanol–water partition coefficient (Wildman–Crippen LogP) is 2.41. The normalized spacial score (nSPS) is 35.3. The van der Waals surface area contributed by atoms with Gasteiger partial charge in [-0.2, -0.15) is 0 Å². The fraction of sp³-hybridized carbons (Fsp3) is 0.938. The summed E-state index contributed by atoms with van der Waals surface area (Å²) in [5, 5.41) is 3.29. The van der Waals surface area contributed by atoms with Crippen LogP contribution in [0.4, 0.5) is 0 Å². The van der Waals surface area contributed by atoms with E-state index in [4.69, 9.17) is 0 Å². The smallest absolute Gasteiger partial charge is 0.226 e. The minimum absolute atomic E-state index is 0.333. The summed E-state index contributed by atoms with van der Waals surface area (Å²) in [5.41, 5.74) is 0. The fourth-order valence-corrected chi connectivity index (χ4v) is 4.42. The second-order valence-electron chi connectivity index (χ2n) is 6.75. The monoisotopic (exact) mass is 264 g/mol. The maximum atomic E-state index is 12.7. The molecule has 1 aliphatic heterocycles. The van der Waals surface area contributed by atoms with Gasteiger partial charge in [0.05, 0.1) is 6.04 Å². The Balaban J connectivity index is 1.60. The van der Waals surface area contributed by atoms with Crippen molar-refractivity contribution < 1.29 is 4.79 Å². The SMILES string of the molecule is CCN(C(=O)C1CCC2CCCCC2C1)C1CNC1. The number of hydrogen-bond donors (Lipinski definition) is 1. The lowest BCUT2D eigenvalue weighted by Crippen LogP contribution is -2.60. The minimum Gasteiger partial charge on any atom is -0.337 e. The predicted molar refractivity (Wildman–Crippen MR) is 76.8 cm³/mol. The Morgan fingerprint density at radius 1 is 1.11 bits per heavy atom. The summed E-state index contributed by atoms with van der Waals surface area (Å²) in [7, 11) is 0. The second-order valence-corrected chi connectivity index (χ2v) is 6.75. The van der Waals surface area contributed by atoms with E-state index in [9.17, 15) is 4.79 Å². The molecule has 2 saturated carbocycles. The summed E-state index contributed by atoms with van der Waals surface area (Å²) in [4.78, 5) is 14.9. The van der Waals surface area contributed by atoms with Crippen molar-refractivity contribution in [3.63, 3.8) is 0 Å². The third kappa shape index (κ3) is 2.67. The second kappa shape index (κ2) is 5.82. The summed E-state index contributed by atoms with van der Waals surface area (Å²) >= 11 is 0. The van der Waals surface area contributed by atoms with Crippen molar-refractivity contribution >= 4 is 5.91 Å². The molecule has 108 valence electrons. The van der Waals surface area contributed by atoms with E-state index >= 15 is 0 Å². The average molecular weight is 264 g/mol. The highest BCUT2D eigenvalue weighted by Crippen LogP contribution is 2.43. The number of amides is 1. The van der Waals surface area contributed by atoms with Crippen molar-refractivity contribution in [3.8, 4) is 0 Å². The molecule has 3 unspecified atom stereocenters. The Bertz CT molecular complexity index is 327. The van der Waals surface area contributed by atoms with E-state index in [1.165, 1.54) is 38.5 Å². The van der Waals surface area contributed by atoms with Gasteiger partial charge < -0.3 is 10.2 Å². The van der Waals surface area contributed by atoms with Gasteiger partial charge >= 0.3 is 0 Å². The van der Waals surface area contributed by atoms with Crippen LogP contribution >= 0.6 is 0 Å². The maximum absolute atomic E-state index is 12.7. The quantitative estimate of drug-likeness (QED) is 0.849. The zero-order chi connectivity index (χ0) is 13.2. The number of fused-ring (bicyclic) bond motifs is 1. The number of carbonyl (C=O) groups is 1. The lowest BCUT2D eigenvalue weighted by atomic mass is 9.67. The van der Waals surface area contributed by atoms with Crippen LogP contribution in [0.2, 0.25) is 0 Å². The molecule has 3 fully saturated rings. The number of likely N-dealkylation sites (N-methyl/N-ethyl adjacent to an activating group) is 1. The Morgan fingerprint density at radius 2 is 1.84 bits per heavy atom. The zero-order valence-electron chi connectivity index (χ0n) is 12.2. The van der Waals surface area contributed by atoms with Crippen molar-refractivity contribution in [2.75, 3.05) is 19.6 Å². The van der Waals surface area contributed by atoms with Gasteiger partial charge in [-0.1, -0.05) is 25.7 Å². The molecule has 1 N–H and O–H groups in total. The summed E-state index contributed by atoms with van der Waals surface area (Å²) in [6.45, 7) is 5.01. The molecule has 0 radical (unpaired) electrons. The number of carbonyl (C=O) groups excluding carboxylic acids is 1. The minimum atomic E-state index is 0.333. The Morgan fingerprint density at radius 3 is 2.47 bits per heavy atom. The Kier molecular flexibility index (Phi) is 4.11.